The van der Waals surface area contributed by atoms with Crippen LogP contribution in [0.5, 0.6) is 0 Å². The number of pyridine rings is 2. The zero-order valence-electron chi connectivity index (χ0n) is 14.0. The van der Waals surface area contributed by atoms with E-state index in [0.717, 1.165) is 22.3 Å². The van der Waals surface area contributed by atoms with Crippen LogP contribution in [0.15, 0.2) is 66.9 Å². The molecule has 0 aliphatic heterocycles. The molecule has 0 aliphatic rings. The summed E-state index contributed by atoms with van der Waals surface area (Å²) in [6.45, 7) is 0. The van der Waals surface area contributed by atoms with E-state index < -0.39 is 5.97 Å². The van der Waals surface area contributed by atoms with Gasteiger partial charge in [0.15, 0.2) is 5.69 Å². The van der Waals surface area contributed by atoms with Crippen molar-refractivity contribution in [2.75, 3.05) is 0 Å². The molecule has 27 heavy (non-hydrogen) atoms. The number of hydrogen-bond acceptors (Lipinski definition) is 4. The van der Waals surface area contributed by atoms with Crippen LogP contribution in [-0.2, 0) is 11.4 Å². The lowest BCUT2D eigenvalue weighted by molar-refractivity contribution is -0.0793. The van der Waals surface area contributed by atoms with Crippen molar-refractivity contribution in [1.82, 2.24) is 14.6 Å². The third-order valence-corrected chi connectivity index (χ3v) is 4.41. The molecule has 0 saturated heterocycles. The molecule has 134 valence electrons. The maximum Gasteiger partial charge on any atom is 0.397 e. The Morgan fingerprint density at radius 3 is 2.67 bits per heavy atom. The van der Waals surface area contributed by atoms with Gasteiger partial charge >= 0.3 is 5.97 Å². The Balaban J connectivity index is 1.84. The predicted octanol–water partition coefficient (Wildman–Crippen LogP) is 4.68. The molecule has 1 aromatic carbocycles. The van der Waals surface area contributed by atoms with Crippen LogP contribution < -0.4 is 0 Å². The highest BCUT2D eigenvalue weighted by molar-refractivity contribution is 6.30. The number of aromatic nitrogens is 3. The van der Waals surface area contributed by atoms with E-state index in [0.29, 0.717) is 17.1 Å². The minimum Gasteiger partial charge on any atom is -0.248 e. The summed E-state index contributed by atoms with van der Waals surface area (Å²) in [5, 5.41) is 5.24. The number of hydrogen-bond donors (Lipinski definition) is 0. The molecule has 3 aromatic heterocycles. The highest BCUT2D eigenvalue weighted by Crippen LogP contribution is 2.29. The van der Waals surface area contributed by atoms with Gasteiger partial charge in [0.1, 0.15) is 0 Å². The van der Waals surface area contributed by atoms with E-state index in [1.54, 1.807) is 28.9 Å². The summed E-state index contributed by atoms with van der Waals surface area (Å²) in [5.74, 6) is -1.12. The van der Waals surface area contributed by atoms with Gasteiger partial charge in [-0.05, 0) is 24.3 Å². The van der Waals surface area contributed by atoms with Crippen LogP contribution in [0.3, 0.4) is 0 Å². The summed E-state index contributed by atoms with van der Waals surface area (Å²) in [6, 6.07) is 18.2. The number of carbonyl (C=O) groups is 1. The summed E-state index contributed by atoms with van der Waals surface area (Å²) >= 11 is 6.10. The van der Waals surface area contributed by atoms with E-state index in [1.165, 1.54) is 6.07 Å². The van der Waals surface area contributed by atoms with Gasteiger partial charge < -0.3 is 0 Å². The average Bonchev–Trinajstić information content (AvgIpc) is 3.05. The first-order valence-corrected chi connectivity index (χ1v) is 8.54. The average molecular weight is 382 g/mol. The highest BCUT2D eigenvalue weighted by atomic mass is 35.5. The van der Waals surface area contributed by atoms with Crippen LogP contribution in [-0.4, -0.2) is 20.6 Å². The zero-order chi connectivity index (χ0) is 18.8. The fraction of sp³-hybridized carbons (Fsp3) is 0.0500. The number of halogens is 2. The molecule has 4 rings (SSSR count). The maximum absolute atomic E-state index is 12.2. The zero-order valence-corrected chi connectivity index (χ0v) is 14.7. The molecule has 3 heterocycles. The number of carbonyl (C=O) groups excluding carboxylic acids is 1. The van der Waals surface area contributed by atoms with Gasteiger partial charge in [-0.25, -0.2) is 19.2 Å². The monoisotopic (exact) mass is 381 g/mol. The smallest absolute Gasteiger partial charge is 0.248 e. The van der Waals surface area contributed by atoms with Crippen LogP contribution in [0.25, 0.3) is 16.8 Å². The Kier molecular flexibility index (Phi) is 4.56. The Bertz CT molecular complexity index is 1130. The molecule has 4 aromatic rings. The Hall–Kier alpha value is -3.25. The third kappa shape index (κ3) is 3.39. The molecular formula is C20H13ClFN3O2. The second-order valence-corrected chi connectivity index (χ2v) is 6.36. The van der Waals surface area contributed by atoms with Crippen molar-refractivity contribution >= 4 is 23.1 Å². The van der Waals surface area contributed by atoms with Gasteiger partial charge in [0.05, 0.1) is 16.2 Å². The molecule has 0 fully saturated rings. The van der Waals surface area contributed by atoms with Gasteiger partial charge in [0.2, 0.25) is 0 Å². The van der Waals surface area contributed by atoms with Crippen molar-refractivity contribution in [2.24, 2.45) is 0 Å². The predicted molar refractivity (Wildman–Crippen MR) is 99.2 cm³/mol. The first-order valence-electron chi connectivity index (χ1n) is 8.17. The molecule has 0 spiro atoms. The largest absolute Gasteiger partial charge is 0.397 e. The van der Waals surface area contributed by atoms with Crippen LogP contribution in [0.1, 0.15) is 21.7 Å². The van der Waals surface area contributed by atoms with Gasteiger partial charge in [-0.2, -0.15) is 5.10 Å². The van der Waals surface area contributed by atoms with Gasteiger partial charge in [0, 0.05) is 34.0 Å². The van der Waals surface area contributed by atoms with Gasteiger partial charge in [-0.15, -0.1) is 0 Å². The van der Waals surface area contributed by atoms with Crippen molar-refractivity contribution in [2.45, 2.75) is 6.42 Å². The van der Waals surface area contributed by atoms with Gasteiger partial charge in [-0.3, -0.25) is 0 Å². The fourth-order valence-corrected chi connectivity index (χ4v) is 3.15. The summed E-state index contributed by atoms with van der Waals surface area (Å²) in [4.78, 5) is 18.9. The van der Waals surface area contributed by atoms with Crippen molar-refractivity contribution in [3.63, 3.8) is 0 Å². The summed E-state index contributed by atoms with van der Waals surface area (Å²) in [6.07, 6.45) is 2.14. The van der Waals surface area contributed by atoms with Crippen LogP contribution in [0, 0.1) is 0 Å². The van der Waals surface area contributed by atoms with E-state index in [4.69, 9.17) is 11.6 Å². The molecule has 0 N–H and O–H groups in total. The Labute approximate surface area is 158 Å². The molecular weight excluding hydrogens is 369 g/mol. The van der Waals surface area contributed by atoms with E-state index in [2.05, 4.69) is 15.0 Å². The van der Waals surface area contributed by atoms with E-state index >= 15 is 0 Å². The van der Waals surface area contributed by atoms with Crippen LogP contribution >= 0.6 is 11.6 Å². The molecule has 0 atom stereocenters. The number of rotatable bonds is 4. The molecule has 0 radical (unpaired) electrons. The summed E-state index contributed by atoms with van der Waals surface area (Å²) < 4.78 is 13.9. The minimum atomic E-state index is -1.12. The van der Waals surface area contributed by atoms with Gasteiger partial charge in [0.25, 0.3) is 0 Å². The molecule has 5 nitrogen and oxygen atoms in total. The lowest BCUT2D eigenvalue weighted by atomic mass is 10.0. The molecule has 0 unspecified atom stereocenters. The third-order valence-electron chi connectivity index (χ3n) is 4.19. The lowest BCUT2D eigenvalue weighted by Gasteiger charge is -2.05. The normalized spacial score (nSPS) is 10.9. The fourth-order valence-electron chi connectivity index (χ4n) is 2.99. The molecule has 0 aliphatic carbocycles. The number of fused-ring (bicyclic) bond motifs is 1. The molecule has 0 saturated carbocycles. The molecule has 0 bridgehead atoms. The van der Waals surface area contributed by atoms with Crippen molar-refractivity contribution in [3.05, 3.63) is 88.8 Å². The van der Waals surface area contributed by atoms with Crippen molar-refractivity contribution in [1.29, 1.82) is 0 Å². The summed E-state index contributed by atoms with van der Waals surface area (Å²) in [7, 11) is 0. The Morgan fingerprint density at radius 1 is 1.07 bits per heavy atom. The number of benzene rings is 1. The second-order valence-electron chi connectivity index (χ2n) is 5.93. The Morgan fingerprint density at radius 2 is 1.89 bits per heavy atom. The van der Waals surface area contributed by atoms with Gasteiger partial charge in [-0.1, -0.05) is 48.0 Å². The summed E-state index contributed by atoms with van der Waals surface area (Å²) in [5.41, 5.74) is 4.05. The molecule has 0 amide bonds. The second kappa shape index (κ2) is 7.17. The highest BCUT2D eigenvalue weighted by Gasteiger charge is 2.17. The molecule has 7 heteroatoms. The first-order chi connectivity index (χ1) is 13.2. The standard InChI is InChI=1S/C20H13ClFN3O2/c21-14-9-10-18-16(11-15-7-4-8-17(23-15)20(26)27-22)19(24-25(18)12-14)13-5-2-1-3-6-13/h1-10,12H,11H2. The number of nitrogens with zero attached hydrogens (tertiary/aromatic N) is 3. The SMILES string of the molecule is O=C(OF)c1cccc(Cc2c(-c3ccccc3)nn3cc(Cl)ccc23)n1. The van der Waals surface area contributed by atoms with Crippen molar-refractivity contribution < 1.29 is 14.3 Å². The van der Waals surface area contributed by atoms with E-state index in [-0.39, 0.29) is 5.69 Å². The first kappa shape index (κ1) is 17.2. The van der Waals surface area contributed by atoms with Crippen LogP contribution in [0.4, 0.5) is 4.53 Å². The quantitative estimate of drug-likeness (QED) is 0.515. The topological polar surface area (TPSA) is 56.5 Å². The minimum absolute atomic E-state index is 0.0872. The maximum atomic E-state index is 12.2. The van der Waals surface area contributed by atoms with E-state index in [9.17, 15) is 9.32 Å². The van der Waals surface area contributed by atoms with E-state index in [1.807, 2.05) is 36.4 Å². The van der Waals surface area contributed by atoms with Crippen LogP contribution in [0.2, 0.25) is 5.02 Å². The lowest BCUT2D eigenvalue weighted by Crippen LogP contribution is -2.04. The van der Waals surface area contributed by atoms with Crippen molar-refractivity contribution in [3.8, 4) is 11.3 Å².